The third-order valence-corrected chi connectivity index (χ3v) is 7.89. The van der Waals surface area contributed by atoms with E-state index in [2.05, 4.69) is 67.8 Å². The molecule has 206 valence electrons. The van der Waals surface area contributed by atoms with Crippen molar-refractivity contribution in [2.45, 2.75) is 122 Å². The topological polar surface area (TPSA) is 38.3 Å². The van der Waals surface area contributed by atoms with E-state index in [0.717, 1.165) is 23.5 Å². The summed E-state index contributed by atoms with van der Waals surface area (Å²) >= 11 is 0. The van der Waals surface area contributed by atoms with Crippen molar-refractivity contribution in [2.24, 2.45) is 0 Å². The van der Waals surface area contributed by atoms with E-state index in [1.807, 2.05) is 0 Å². The molecular weight excluding hydrogens is 434 g/mol. The van der Waals surface area contributed by atoms with Gasteiger partial charge in [0.1, 0.15) is 0 Å². The van der Waals surface area contributed by atoms with E-state index in [9.17, 15) is 4.79 Å². The molecule has 1 aliphatic rings. The summed E-state index contributed by atoms with van der Waals surface area (Å²) in [6.07, 6.45) is 14.3. The molecule has 0 aliphatic carbocycles. The van der Waals surface area contributed by atoms with Crippen molar-refractivity contribution in [1.29, 1.82) is 0 Å². The summed E-state index contributed by atoms with van der Waals surface area (Å²) in [5, 5.41) is 3.84. The first-order valence-corrected chi connectivity index (χ1v) is 14.3. The predicted molar refractivity (Wildman–Crippen MR) is 150 cm³/mol. The van der Waals surface area contributed by atoms with Gasteiger partial charge in [-0.3, -0.25) is 0 Å². The number of carbonyl (C=O) groups excluding carboxylic acids is 1. The molecule has 0 aromatic carbocycles. The minimum atomic E-state index is -0.270. The molecule has 1 fully saturated rings. The van der Waals surface area contributed by atoms with Crippen LogP contribution in [0.25, 0.3) is 0 Å². The summed E-state index contributed by atoms with van der Waals surface area (Å²) in [6, 6.07) is 0.746. The molecule has 1 heterocycles. The smallest absolute Gasteiger partial charge is 0.333 e. The molecule has 5 heteroatoms. The van der Waals surface area contributed by atoms with Crippen LogP contribution in [0.1, 0.15) is 105 Å². The Labute approximate surface area is 218 Å². The number of piperidine rings is 1. The summed E-state index contributed by atoms with van der Waals surface area (Å²) in [6.45, 7) is 18.8. The van der Waals surface area contributed by atoms with E-state index in [1.54, 1.807) is 6.92 Å². The lowest BCUT2D eigenvalue weighted by Gasteiger charge is -2.51. The maximum atomic E-state index is 11.4. The molecule has 1 saturated heterocycles. The van der Waals surface area contributed by atoms with Crippen molar-refractivity contribution >= 4 is 5.97 Å². The van der Waals surface area contributed by atoms with Gasteiger partial charge in [-0.05, 0) is 60.3 Å². The summed E-state index contributed by atoms with van der Waals surface area (Å²) in [5.41, 5.74) is 0.942. The third-order valence-electron chi connectivity index (χ3n) is 7.89. The second-order valence-electron chi connectivity index (χ2n) is 13.9. The van der Waals surface area contributed by atoms with Gasteiger partial charge in [0, 0.05) is 35.9 Å². The van der Waals surface area contributed by atoms with Gasteiger partial charge in [-0.1, -0.05) is 32.3 Å². The van der Waals surface area contributed by atoms with Gasteiger partial charge in [-0.25, -0.2) is 4.79 Å². The summed E-state index contributed by atoms with van der Waals surface area (Å²) in [5.74, 6) is -0.270. The fourth-order valence-electron chi connectivity index (χ4n) is 5.96. The minimum Gasteiger partial charge on any atom is -0.462 e. The molecule has 1 aliphatic heterocycles. The van der Waals surface area contributed by atoms with Crippen LogP contribution in [0.5, 0.6) is 0 Å². The first kappa shape index (κ1) is 32.1. The standard InChI is InChI=1S/C30H61N3O2/c1-26(2)28(34)35-23-19-21-32(7,8)20-17-15-13-11-12-14-16-18-22-33(9,10)27-24-29(3,4)31-30(5,6)25-27/h27,31H,1,11-25H2,2-10H3/q+2. The Kier molecular flexibility index (Phi) is 13.0. The number of unbranched alkanes of at least 4 members (excludes halogenated alkanes) is 7. The molecule has 0 bridgehead atoms. The summed E-state index contributed by atoms with van der Waals surface area (Å²) in [7, 11) is 9.48. The zero-order valence-electron chi connectivity index (χ0n) is 25.1. The molecule has 0 aromatic rings. The second-order valence-corrected chi connectivity index (χ2v) is 13.9. The Bertz CT molecular complexity index is 636. The van der Waals surface area contributed by atoms with Gasteiger partial charge in [0.25, 0.3) is 0 Å². The molecule has 5 nitrogen and oxygen atoms in total. The molecule has 0 radical (unpaired) electrons. The normalized spacial score (nSPS) is 18.4. The van der Waals surface area contributed by atoms with Gasteiger partial charge < -0.3 is 19.0 Å². The van der Waals surface area contributed by atoms with Crippen molar-refractivity contribution in [3.63, 3.8) is 0 Å². The molecule has 0 unspecified atom stereocenters. The van der Waals surface area contributed by atoms with E-state index in [1.165, 1.54) is 81.8 Å². The van der Waals surface area contributed by atoms with E-state index >= 15 is 0 Å². The van der Waals surface area contributed by atoms with Crippen LogP contribution in [0.15, 0.2) is 12.2 Å². The largest absolute Gasteiger partial charge is 0.462 e. The first-order valence-electron chi connectivity index (χ1n) is 14.3. The summed E-state index contributed by atoms with van der Waals surface area (Å²) < 4.78 is 7.38. The van der Waals surface area contributed by atoms with Gasteiger partial charge in [0.15, 0.2) is 0 Å². The SMILES string of the molecule is C=C(C)C(=O)OCCC[N+](C)(C)CCCCCCCCCC[N+](C)(C)C1CC(C)(C)NC(C)(C)C1. The number of nitrogens with one attached hydrogen (secondary N) is 1. The number of rotatable bonds is 17. The highest BCUT2D eigenvalue weighted by Crippen LogP contribution is 2.33. The lowest BCUT2D eigenvalue weighted by molar-refractivity contribution is -0.917. The van der Waals surface area contributed by atoms with Crippen LogP contribution in [0.2, 0.25) is 0 Å². The number of nitrogens with zero attached hydrogens (tertiary/aromatic N) is 2. The Hall–Kier alpha value is -0.910. The number of esters is 1. The van der Waals surface area contributed by atoms with Gasteiger partial charge in [0.05, 0.1) is 60.5 Å². The lowest BCUT2D eigenvalue weighted by atomic mass is 9.78. The number of quaternary nitrogens is 2. The average molecular weight is 496 g/mol. The number of hydrogen-bond donors (Lipinski definition) is 1. The van der Waals surface area contributed by atoms with E-state index in [0.29, 0.717) is 12.2 Å². The zero-order chi connectivity index (χ0) is 26.8. The van der Waals surface area contributed by atoms with Gasteiger partial charge in [-0.2, -0.15) is 0 Å². The molecule has 0 aromatic heterocycles. The van der Waals surface area contributed by atoms with Crippen LogP contribution in [-0.2, 0) is 9.53 Å². The maximum Gasteiger partial charge on any atom is 0.333 e. The highest BCUT2D eigenvalue weighted by molar-refractivity contribution is 5.86. The monoisotopic (exact) mass is 495 g/mol. The Balaban J connectivity index is 2.08. The molecule has 0 saturated carbocycles. The quantitative estimate of drug-likeness (QED) is 0.115. The molecule has 1 rings (SSSR count). The fraction of sp³-hybridized carbons (Fsp3) is 0.900. The van der Waals surface area contributed by atoms with Gasteiger partial charge in [-0.15, -0.1) is 0 Å². The highest BCUT2D eigenvalue weighted by Gasteiger charge is 2.44. The van der Waals surface area contributed by atoms with E-state index in [-0.39, 0.29) is 17.0 Å². The Morgan fingerprint density at radius 3 is 1.71 bits per heavy atom. The number of ether oxygens (including phenoxy) is 1. The fourth-order valence-corrected chi connectivity index (χ4v) is 5.96. The first-order chi connectivity index (χ1) is 16.1. The van der Waals surface area contributed by atoms with Crippen molar-refractivity contribution in [1.82, 2.24) is 5.32 Å². The van der Waals surface area contributed by atoms with Crippen molar-refractivity contribution in [3.8, 4) is 0 Å². The van der Waals surface area contributed by atoms with Crippen molar-refractivity contribution < 1.29 is 18.5 Å². The van der Waals surface area contributed by atoms with E-state index in [4.69, 9.17) is 4.74 Å². The van der Waals surface area contributed by atoms with Gasteiger partial charge >= 0.3 is 5.97 Å². The van der Waals surface area contributed by atoms with E-state index < -0.39 is 0 Å². The zero-order valence-corrected chi connectivity index (χ0v) is 25.1. The average Bonchev–Trinajstić information content (AvgIpc) is 2.70. The van der Waals surface area contributed by atoms with Crippen LogP contribution in [0.3, 0.4) is 0 Å². The predicted octanol–water partition coefficient (Wildman–Crippen LogP) is 6.08. The Morgan fingerprint density at radius 1 is 0.800 bits per heavy atom. The molecule has 1 N–H and O–H groups in total. The lowest BCUT2D eigenvalue weighted by Crippen LogP contribution is -2.65. The van der Waals surface area contributed by atoms with Crippen LogP contribution in [0, 0.1) is 0 Å². The van der Waals surface area contributed by atoms with Crippen molar-refractivity contribution in [2.75, 3.05) is 54.4 Å². The summed E-state index contributed by atoms with van der Waals surface area (Å²) in [4.78, 5) is 11.4. The molecular formula is C30H61N3O2+2. The van der Waals surface area contributed by atoms with Crippen molar-refractivity contribution in [3.05, 3.63) is 12.2 Å². The maximum absolute atomic E-state index is 11.4. The minimum absolute atomic E-state index is 0.232. The van der Waals surface area contributed by atoms with Gasteiger partial charge in [0.2, 0.25) is 0 Å². The Morgan fingerprint density at radius 2 is 1.23 bits per heavy atom. The number of hydrogen-bond acceptors (Lipinski definition) is 3. The molecule has 0 amide bonds. The highest BCUT2D eigenvalue weighted by atomic mass is 16.5. The van der Waals surface area contributed by atoms with Crippen LogP contribution in [-0.4, -0.2) is 86.5 Å². The molecule has 35 heavy (non-hydrogen) atoms. The second kappa shape index (κ2) is 14.1. The van der Waals surface area contributed by atoms with Crippen LogP contribution in [0.4, 0.5) is 0 Å². The molecule has 0 spiro atoms. The molecule has 0 atom stereocenters. The number of carbonyl (C=O) groups is 1. The third kappa shape index (κ3) is 13.8. The van der Waals surface area contributed by atoms with Crippen LogP contribution >= 0.6 is 0 Å². The van der Waals surface area contributed by atoms with Crippen LogP contribution < -0.4 is 5.32 Å².